The molecular weight excluding hydrogens is 264 g/mol. The average molecular weight is 280 g/mol. The number of amides is 1. The van der Waals surface area contributed by atoms with Crippen molar-refractivity contribution in [3.8, 4) is 0 Å². The van der Waals surface area contributed by atoms with Gasteiger partial charge in [-0.1, -0.05) is 0 Å². The monoisotopic (exact) mass is 280 g/mol. The Hall–Kier alpha value is -1.50. The zero-order valence-corrected chi connectivity index (χ0v) is 11.6. The van der Waals surface area contributed by atoms with Crippen LogP contribution in [0.4, 0.5) is 10.6 Å². The smallest absolute Gasteiger partial charge is 0.407 e. The Labute approximate surface area is 115 Å². The van der Waals surface area contributed by atoms with Gasteiger partial charge < -0.3 is 14.9 Å². The molecule has 102 valence electrons. The summed E-state index contributed by atoms with van der Waals surface area (Å²) in [5.41, 5.74) is 2.36. The van der Waals surface area contributed by atoms with Gasteiger partial charge in [0.15, 0.2) is 0 Å². The molecule has 0 bridgehead atoms. The van der Waals surface area contributed by atoms with E-state index in [1.165, 1.54) is 10.5 Å². The first kappa shape index (κ1) is 12.5. The molecule has 1 atom stereocenters. The third-order valence-electron chi connectivity index (χ3n) is 3.67. The van der Waals surface area contributed by atoms with E-state index in [1.807, 2.05) is 11.8 Å². The number of anilines is 1. The molecule has 2 aliphatic heterocycles. The molecule has 1 amide bonds. The summed E-state index contributed by atoms with van der Waals surface area (Å²) in [6, 6.07) is 0. The maximum absolute atomic E-state index is 10.9. The molecule has 0 radical (unpaired) electrons. The Morgan fingerprint density at radius 1 is 1.37 bits per heavy atom. The van der Waals surface area contributed by atoms with Gasteiger partial charge in [-0.3, -0.25) is 0 Å². The Morgan fingerprint density at radius 3 is 2.79 bits per heavy atom. The fraction of sp³-hybridized carbons (Fsp3) is 0.583. The van der Waals surface area contributed by atoms with Crippen molar-refractivity contribution in [3.63, 3.8) is 0 Å². The van der Waals surface area contributed by atoms with Crippen LogP contribution < -0.4 is 4.90 Å². The van der Waals surface area contributed by atoms with Crippen molar-refractivity contribution in [2.24, 2.45) is 0 Å². The van der Waals surface area contributed by atoms with E-state index in [0.29, 0.717) is 31.4 Å². The van der Waals surface area contributed by atoms with Gasteiger partial charge >= 0.3 is 6.09 Å². The van der Waals surface area contributed by atoms with E-state index in [0.717, 1.165) is 17.3 Å². The number of rotatable bonds is 1. The van der Waals surface area contributed by atoms with Crippen LogP contribution >= 0.6 is 11.8 Å². The van der Waals surface area contributed by atoms with Crippen molar-refractivity contribution in [1.82, 2.24) is 14.9 Å². The van der Waals surface area contributed by atoms with Crippen LogP contribution in [0.1, 0.15) is 23.4 Å². The lowest BCUT2D eigenvalue weighted by Gasteiger charge is -2.34. The standard InChI is InChI=1S/C12H16N4O2S/c1-8-10-9(6-19-8)13-7-14-11(10)15-2-4-16(5-3-15)12(17)18/h7-8H,2-6H2,1H3,(H,17,18)/t8-/m1/s1. The molecule has 7 heteroatoms. The molecule has 1 saturated heterocycles. The highest BCUT2D eigenvalue weighted by atomic mass is 32.2. The van der Waals surface area contributed by atoms with Gasteiger partial charge in [0.1, 0.15) is 12.1 Å². The molecule has 0 unspecified atom stereocenters. The van der Waals surface area contributed by atoms with Crippen LogP contribution in [-0.2, 0) is 5.75 Å². The van der Waals surface area contributed by atoms with Gasteiger partial charge in [0.2, 0.25) is 0 Å². The summed E-state index contributed by atoms with van der Waals surface area (Å²) < 4.78 is 0. The van der Waals surface area contributed by atoms with Crippen molar-refractivity contribution < 1.29 is 9.90 Å². The van der Waals surface area contributed by atoms with Gasteiger partial charge in [0.05, 0.1) is 5.69 Å². The summed E-state index contributed by atoms with van der Waals surface area (Å²) in [6.07, 6.45) is 0.785. The van der Waals surface area contributed by atoms with Crippen LogP contribution in [-0.4, -0.2) is 52.2 Å². The number of hydrogen-bond donors (Lipinski definition) is 1. The first-order valence-corrected chi connectivity index (χ1v) is 7.40. The Bertz CT molecular complexity index is 503. The summed E-state index contributed by atoms with van der Waals surface area (Å²) in [6.45, 7) is 4.66. The fourth-order valence-corrected chi connectivity index (χ4v) is 3.65. The maximum Gasteiger partial charge on any atom is 0.407 e. The Kier molecular flexibility index (Phi) is 3.22. The van der Waals surface area contributed by atoms with Crippen LogP contribution in [0.15, 0.2) is 6.33 Å². The summed E-state index contributed by atoms with van der Waals surface area (Å²) in [5.74, 6) is 1.94. The second-order valence-corrected chi connectivity index (χ2v) is 6.10. The molecule has 1 aromatic rings. The van der Waals surface area contributed by atoms with Gasteiger partial charge in [-0.05, 0) is 6.92 Å². The minimum atomic E-state index is -0.837. The van der Waals surface area contributed by atoms with Crippen molar-refractivity contribution in [2.45, 2.75) is 17.9 Å². The molecule has 3 heterocycles. The Balaban J connectivity index is 1.81. The normalized spacial score (nSPS) is 22.5. The second-order valence-electron chi connectivity index (χ2n) is 4.77. The number of piperazine rings is 1. The topological polar surface area (TPSA) is 69.6 Å². The zero-order valence-electron chi connectivity index (χ0n) is 10.7. The van der Waals surface area contributed by atoms with E-state index >= 15 is 0 Å². The molecule has 1 aromatic heterocycles. The molecule has 2 aliphatic rings. The summed E-state index contributed by atoms with van der Waals surface area (Å²) in [7, 11) is 0. The Morgan fingerprint density at radius 2 is 2.11 bits per heavy atom. The van der Waals surface area contributed by atoms with Crippen molar-refractivity contribution in [2.75, 3.05) is 31.1 Å². The number of thioether (sulfide) groups is 1. The molecule has 3 rings (SSSR count). The third kappa shape index (κ3) is 2.22. The average Bonchev–Trinajstić information content (AvgIpc) is 2.81. The number of hydrogen-bond acceptors (Lipinski definition) is 5. The van der Waals surface area contributed by atoms with Gasteiger partial charge in [0.25, 0.3) is 0 Å². The molecular formula is C12H16N4O2S. The lowest BCUT2D eigenvalue weighted by Crippen LogP contribution is -2.48. The minimum absolute atomic E-state index is 0.420. The van der Waals surface area contributed by atoms with Crippen molar-refractivity contribution >= 4 is 23.7 Å². The predicted octanol–water partition coefficient (Wildman–Crippen LogP) is 1.58. The summed E-state index contributed by atoms with van der Waals surface area (Å²) in [4.78, 5) is 23.3. The highest BCUT2D eigenvalue weighted by molar-refractivity contribution is 7.99. The van der Waals surface area contributed by atoms with Crippen LogP contribution in [0.2, 0.25) is 0 Å². The van der Waals surface area contributed by atoms with Gasteiger partial charge in [0, 0.05) is 42.7 Å². The van der Waals surface area contributed by atoms with E-state index in [9.17, 15) is 4.79 Å². The fourth-order valence-electron chi connectivity index (χ4n) is 2.60. The summed E-state index contributed by atoms with van der Waals surface area (Å²) in [5, 5.41) is 9.39. The highest BCUT2D eigenvalue weighted by Gasteiger charge is 2.29. The van der Waals surface area contributed by atoms with E-state index in [4.69, 9.17) is 5.11 Å². The number of carbonyl (C=O) groups is 1. The number of carboxylic acid groups (broad SMARTS) is 1. The molecule has 0 aliphatic carbocycles. The SMILES string of the molecule is C[C@H]1SCc2ncnc(N3CCN(C(=O)O)CC3)c21. The summed E-state index contributed by atoms with van der Waals surface area (Å²) >= 11 is 1.88. The minimum Gasteiger partial charge on any atom is -0.465 e. The third-order valence-corrected chi connectivity index (χ3v) is 4.85. The van der Waals surface area contributed by atoms with E-state index in [1.54, 1.807) is 6.33 Å². The van der Waals surface area contributed by atoms with E-state index in [2.05, 4.69) is 21.8 Å². The molecule has 0 saturated carbocycles. The maximum atomic E-state index is 10.9. The van der Waals surface area contributed by atoms with E-state index in [-0.39, 0.29) is 0 Å². The molecule has 1 N–H and O–H groups in total. The van der Waals surface area contributed by atoms with Crippen molar-refractivity contribution in [3.05, 3.63) is 17.6 Å². The number of fused-ring (bicyclic) bond motifs is 1. The van der Waals surface area contributed by atoms with Crippen LogP contribution in [0.5, 0.6) is 0 Å². The predicted molar refractivity (Wildman–Crippen MR) is 73.6 cm³/mol. The molecule has 6 nitrogen and oxygen atoms in total. The zero-order chi connectivity index (χ0) is 13.4. The number of nitrogens with zero attached hydrogens (tertiary/aromatic N) is 4. The largest absolute Gasteiger partial charge is 0.465 e. The van der Waals surface area contributed by atoms with Gasteiger partial charge in [-0.15, -0.1) is 11.8 Å². The molecule has 0 spiro atoms. The lowest BCUT2D eigenvalue weighted by molar-refractivity contribution is 0.142. The molecule has 1 fully saturated rings. The highest BCUT2D eigenvalue weighted by Crippen LogP contribution is 2.44. The number of aromatic nitrogens is 2. The van der Waals surface area contributed by atoms with Crippen LogP contribution in [0.3, 0.4) is 0 Å². The van der Waals surface area contributed by atoms with Crippen LogP contribution in [0.25, 0.3) is 0 Å². The van der Waals surface area contributed by atoms with Crippen molar-refractivity contribution in [1.29, 1.82) is 0 Å². The lowest BCUT2D eigenvalue weighted by atomic mass is 10.1. The molecule has 0 aromatic carbocycles. The first-order chi connectivity index (χ1) is 9.16. The second kappa shape index (κ2) is 4.88. The molecule has 19 heavy (non-hydrogen) atoms. The van der Waals surface area contributed by atoms with E-state index < -0.39 is 6.09 Å². The van der Waals surface area contributed by atoms with Gasteiger partial charge in [-0.25, -0.2) is 14.8 Å². The quantitative estimate of drug-likeness (QED) is 0.842. The first-order valence-electron chi connectivity index (χ1n) is 6.35. The van der Waals surface area contributed by atoms with Crippen LogP contribution in [0, 0.1) is 0 Å². The van der Waals surface area contributed by atoms with Gasteiger partial charge in [-0.2, -0.15) is 0 Å².